The lowest BCUT2D eigenvalue weighted by Crippen LogP contribution is -2.07. The summed E-state index contributed by atoms with van der Waals surface area (Å²) >= 11 is 0. The van der Waals surface area contributed by atoms with Crippen LogP contribution in [0, 0.1) is 0 Å². The summed E-state index contributed by atoms with van der Waals surface area (Å²) in [6.07, 6.45) is -1.83. The normalized spacial score (nSPS) is 8.67. The van der Waals surface area contributed by atoms with Crippen LogP contribution in [0.5, 0.6) is 5.88 Å². The summed E-state index contributed by atoms with van der Waals surface area (Å²) in [7, 11) is 3.44. The number of rotatable bonds is 3. The second-order valence-electron chi connectivity index (χ2n) is 2.38. The highest BCUT2D eigenvalue weighted by Gasteiger charge is 1.94. The van der Waals surface area contributed by atoms with E-state index in [1.165, 1.54) is 0 Å². The first kappa shape index (κ1) is 13.1. The maximum atomic E-state index is 8.56. The van der Waals surface area contributed by atoms with Gasteiger partial charge in [0.1, 0.15) is 0 Å². The van der Waals surface area contributed by atoms with Gasteiger partial charge in [0.25, 0.3) is 0 Å². The van der Waals surface area contributed by atoms with Crippen molar-refractivity contribution in [1.82, 2.24) is 15.5 Å². The number of carboxylic acid groups (broad SMARTS) is 2. The van der Waals surface area contributed by atoms with Gasteiger partial charge in [0.05, 0.1) is 12.8 Å². The molecule has 0 saturated heterocycles. The van der Waals surface area contributed by atoms with E-state index in [1.54, 1.807) is 13.2 Å². The van der Waals surface area contributed by atoms with Crippen LogP contribution < -0.4 is 10.1 Å². The fourth-order valence-electron chi connectivity index (χ4n) is 0.732. The molecule has 1 aromatic rings. The Kier molecular flexibility index (Phi) is 6.56. The summed E-state index contributed by atoms with van der Waals surface area (Å²) in [5.74, 6) is 0.546. The number of methoxy groups -OCH3 is 1. The molecule has 7 nitrogen and oxygen atoms in total. The summed E-state index contributed by atoms with van der Waals surface area (Å²) in [5, 5.41) is 24.6. The molecular formula is C8H13N3O4. The van der Waals surface area contributed by atoms with E-state index in [0.29, 0.717) is 5.88 Å². The van der Waals surface area contributed by atoms with Crippen molar-refractivity contribution in [3.05, 3.63) is 17.8 Å². The van der Waals surface area contributed by atoms with Crippen molar-refractivity contribution in [2.45, 2.75) is 6.54 Å². The molecule has 0 bridgehead atoms. The number of hydrogen-bond donors (Lipinski definition) is 3. The van der Waals surface area contributed by atoms with Gasteiger partial charge < -0.3 is 20.3 Å². The van der Waals surface area contributed by atoms with Crippen molar-refractivity contribution in [3.63, 3.8) is 0 Å². The first-order chi connectivity index (χ1) is 7.10. The molecule has 1 heterocycles. The van der Waals surface area contributed by atoms with Crippen LogP contribution in [-0.4, -0.2) is 40.7 Å². The van der Waals surface area contributed by atoms with Crippen molar-refractivity contribution >= 4 is 6.16 Å². The molecule has 7 heteroatoms. The van der Waals surface area contributed by atoms with Crippen LogP contribution in [0.1, 0.15) is 5.69 Å². The van der Waals surface area contributed by atoms with E-state index in [4.69, 9.17) is 19.7 Å². The smallest absolute Gasteiger partial charge is 0.480 e. The van der Waals surface area contributed by atoms with Crippen molar-refractivity contribution in [2.75, 3.05) is 14.2 Å². The Hall–Kier alpha value is -1.89. The Balaban J connectivity index is 0.000000423. The predicted molar refractivity (Wildman–Crippen MR) is 52.0 cm³/mol. The van der Waals surface area contributed by atoms with Gasteiger partial charge in [0, 0.05) is 12.6 Å². The highest BCUT2D eigenvalue weighted by Crippen LogP contribution is 2.02. The third-order valence-corrected chi connectivity index (χ3v) is 1.26. The van der Waals surface area contributed by atoms with Crippen molar-refractivity contribution < 1.29 is 19.7 Å². The number of nitrogens with zero attached hydrogens (tertiary/aromatic N) is 2. The van der Waals surface area contributed by atoms with Gasteiger partial charge in [-0.1, -0.05) is 0 Å². The minimum absolute atomic E-state index is 0.546. The van der Waals surface area contributed by atoms with Crippen LogP contribution >= 0.6 is 0 Å². The molecular weight excluding hydrogens is 202 g/mol. The topological polar surface area (TPSA) is 105 Å². The molecule has 3 N–H and O–H groups in total. The number of carbonyl (C=O) groups is 1. The van der Waals surface area contributed by atoms with E-state index in [2.05, 4.69) is 15.5 Å². The van der Waals surface area contributed by atoms with Gasteiger partial charge in [-0.2, -0.15) is 5.10 Å². The lowest BCUT2D eigenvalue weighted by Gasteiger charge is -1.98. The van der Waals surface area contributed by atoms with Crippen LogP contribution in [0.25, 0.3) is 0 Å². The highest BCUT2D eigenvalue weighted by atomic mass is 16.6. The van der Waals surface area contributed by atoms with Crippen LogP contribution in [-0.2, 0) is 6.54 Å². The van der Waals surface area contributed by atoms with Gasteiger partial charge in [-0.05, 0) is 13.1 Å². The van der Waals surface area contributed by atoms with Crippen LogP contribution in [0.2, 0.25) is 0 Å². The van der Waals surface area contributed by atoms with Crippen molar-refractivity contribution in [3.8, 4) is 5.88 Å². The van der Waals surface area contributed by atoms with Crippen molar-refractivity contribution in [1.29, 1.82) is 0 Å². The van der Waals surface area contributed by atoms with E-state index >= 15 is 0 Å². The van der Waals surface area contributed by atoms with Crippen LogP contribution in [0.4, 0.5) is 4.79 Å². The molecule has 0 aliphatic carbocycles. The minimum Gasteiger partial charge on any atom is -0.480 e. The van der Waals surface area contributed by atoms with Gasteiger partial charge in [-0.15, -0.1) is 5.10 Å². The van der Waals surface area contributed by atoms with E-state index in [1.807, 2.05) is 13.1 Å². The molecule has 1 aromatic heterocycles. The molecule has 0 unspecified atom stereocenters. The third kappa shape index (κ3) is 7.20. The zero-order valence-electron chi connectivity index (χ0n) is 8.47. The van der Waals surface area contributed by atoms with Gasteiger partial charge in [-0.3, -0.25) is 0 Å². The minimum atomic E-state index is -1.83. The lowest BCUT2D eigenvalue weighted by molar-refractivity contribution is 0.137. The molecule has 15 heavy (non-hydrogen) atoms. The standard InChI is InChI=1S/C7H11N3O.CH2O3/c1-8-5-6-3-4-7(11-2)10-9-6;2-1(3)4/h3-4,8H,5H2,1-2H3;(H2,2,3,4). The van der Waals surface area contributed by atoms with Crippen LogP contribution in [0.3, 0.4) is 0 Å². The summed E-state index contributed by atoms with van der Waals surface area (Å²) in [6.45, 7) is 0.733. The molecule has 84 valence electrons. The quantitative estimate of drug-likeness (QED) is 0.671. The number of hydrogen-bond acceptors (Lipinski definition) is 5. The Morgan fingerprint density at radius 1 is 1.47 bits per heavy atom. The maximum absolute atomic E-state index is 8.56. The molecule has 0 saturated carbocycles. The Labute approximate surface area is 86.7 Å². The first-order valence-corrected chi connectivity index (χ1v) is 4.03. The highest BCUT2D eigenvalue weighted by molar-refractivity contribution is 5.53. The fraction of sp³-hybridized carbons (Fsp3) is 0.375. The van der Waals surface area contributed by atoms with Crippen LogP contribution in [0.15, 0.2) is 12.1 Å². The number of ether oxygens (including phenoxy) is 1. The Morgan fingerprint density at radius 2 is 2.07 bits per heavy atom. The van der Waals surface area contributed by atoms with Crippen molar-refractivity contribution in [2.24, 2.45) is 0 Å². The summed E-state index contributed by atoms with van der Waals surface area (Å²) < 4.78 is 4.85. The number of aromatic nitrogens is 2. The monoisotopic (exact) mass is 215 g/mol. The van der Waals surface area contributed by atoms with Gasteiger partial charge in [0.2, 0.25) is 5.88 Å². The fourth-order valence-corrected chi connectivity index (χ4v) is 0.732. The summed E-state index contributed by atoms with van der Waals surface area (Å²) in [5.41, 5.74) is 0.910. The van der Waals surface area contributed by atoms with Gasteiger partial charge in [0.15, 0.2) is 0 Å². The molecule has 0 aliphatic heterocycles. The molecule has 0 aromatic carbocycles. The third-order valence-electron chi connectivity index (χ3n) is 1.26. The summed E-state index contributed by atoms with van der Waals surface area (Å²) in [4.78, 5) is 8.56. The zero-order chi connectivity index (χ0) is 11.7. The largest absolute Gasteiger partial charge is 0.503 e. The Morgan fingerprint density at radius 3 is 2.40 bits per heavy atom. The molecule has 0 spiro atoms. The molecule has 0 atom stereocenters. The average Bonchev–Trinajstić information content (AvgIpc) is 2.19. The molecule has 0 radical (unpaired) electrons. The lowest BCUT2D eigenvalue weighted by atomic mass is 10.4. The molecule has 0 aliphatic rings. The zero-order valence-corrected chi connectivity index (χ0v) is 8.47. The van der Waals surface area contributed by atoms with Gasteiger partial charge >= 0.3 is 6.16 Å². The predicted octanol–water partition coefficient (Wildman–Crippen LogP) is 0.427. The second kappa shape index (κ2) is 7.51. The summed E-state index contributed by atoms with van der Waals surface area (Å²) in [6, 6.07) is 3.67. The van der Waals surface area contributed by atoms with Gasteiger partial charge in [-0.25, -0.2) is 4.79 Å². The second-order valence-corrected chi connectivity index (χ2v) is 2.38. The maximum Gasteiger partial charge on any atom is 0.503 e. The van der Waals surface area contributed by atoms with E-state index in [0.717, 1.165) is 12.2 Å². The van der Waals surface area contributed by atoms with E-state index in [-0.39, 0.29) is 0 Å². The van der Waals surface area contributed by atoms with E-state index < -0.39 is 6.16 Å². The van der Waals surface area contributed by atoms with E-state index in [9.17, 15) is 0 Å². The molecule has 1 rings (SSSR count). The SMILES string of the molecule is CNCc1ccc(OC)nn1.O=C(O)O. The molecule has 0 fully saturated rings. The average molecular weight is 215 g/mol. The number of nitrogens with one attached hydrogen (secondary N) is 1. The molecule has 0 amide bonds. The first-order valence-electron chi connectivity index (χ1n) is 4.03. The Bertz CT molecular complexity index is 284.